The number of Topliss-reactive ketones (excluding diaryl/α,β-unsaturated/α-hetero) is 1. The van der Waals surface area contributed by atoms with Crippen LogP contribution in [0.3, 0.4) is 0 Å². The largest absolute Gasteiger partial charge is 0.294 e. The average molecular weight is 239 g/mol. The molecule has 2 heteroatoms. The first-order chi connectivity index (χ1) is 7.81. The van der Waals surface area contributed by atoms with Gasteiger partial charge in [0, 0.05) is 6.42 Å². The zero-order valence-electron chi connectivity index (χ0n) is 10.1. The molecule has 3 unspecified atom stereocenters. The Morgan fingerprint density at radius 1 is 1.12 bits per heavy atom. The molecule has 2 bridgehead atoms. The summed E-state index contributed by atoms with van der Waals surface area (Å²) in [6.07, 6.45) is 9.40. The van der Waals surface area contributed by atoms with Crippen LogP contribution in [0, 0.1) is 17.8 Å². The lowest BCUT2D eigenvalue weighted by Gasteiger charge is -2.20. The molecule has 1 heterocycles. The Balaban J connectivity index is 1.45. The molecule has 1 nitrogen and oxygen atoms in total. The normalized spacial score (nSPS) is 38.4. The third-order valence-corrected chi connectivity index (χ3v) is 7.32. The second kappa shape index (κ2) is 4.72. The molecule has 1 aliphatic heterocycles. The molecular formula is C14H23OS+. The molecule has 1 saturated heterocycles. The van der Waals surface area contributed by atoms with Crippen LogP contribution in [0.5, 0.6) is 0 Å². The Hall–Kier alpha value is 0.0200. The van der Waals surface area contributed by atoms with Crippen molar-refractivity contribution in [3.05, 3.63) is 0 Å². The van der Waals surface area contributed by atoms with Gasteiger partial charge in [-0.15, -0.1) is 0 Å². The predicted molar refractivity (Wildman–Crippen MR) is 69.8 cm³/mol. The third kappa shape index (κ3) is 2.32. The summed E-state index contributed by atoms with van der Waals surface area (Å²) < 4.78 is 0. The lowest BCUT2D eigenvalue weighted by molar-refractivity contribution is -0.117. The SMILES string of the molecule is O=C(CC1CC2CCC1C2)C[S+]1CCCC1. The standard InChI is InChI=1S/C14H23OS/c15-14(10-16-5-1-2-6-16)9-13-8-11-3-4-12(13)7-11/h11-13H,1-10H2/q+1. The van der Waals surface area contributed by atoms with Crippen LogP contribution in [-0.4, -0.2) is 23.0 Å². The van der Waals surface area contributed by atoms with E-state index in [4.69, 9.17) is 0 Å². The summed E-state index contributed by atoms with van der Waals surface area (Å²) in [4.78, 5) is 12.0. The van der Waals surface area contributed by atoms with E-state index in [1.165, 1.54) is 50.0 Å². The maximum Gasteiger partial charge on any atom is 0.182 e. The average Bonchev–Trinajstić information content (AvgIpc) is 2.92. The number of ketones is 1. The van der Waals surface area contributed by atoms with Gasteiger partial charge in [-0.25, -0.2) is 0 Å². The van der Waals surface area contributed by atoms with Gasteiger partial charge in [-0.3, -0.25) is 4.79 Å². The molecule has 0 aromatic heterocycles. The van der Waals surface area contributed by atoms with E-state index in [1.807, 2.05) is 0 Å². The van der Waals surface area contributed by atoms with Crippen LogP contribution in [-0.2, 0) is 15.7 Å². The topological polar surface area (TPSA) is 17.1 Å². The third-order valence-electron chi connectivity index (χ3n) is 4.86. The summed E-state index contributed by atoms with van der Waals surface area (Å²) in [6, 6.07) is 0. The Kier molecular flexibility index (Phi) is 3.28. The predicted octanol–water partition coefficient (Wildman–Crippen LogP) is 2.79. The highest BCUT2D eigenvalue weighted by molar-refractivity contribution is 7.97. The molecule has 0 spiro atoms. The van der Waals surface area contributed by atoms with Crippen molar-refractivity contribution in [2.24, 2.45) is 17.8 Å². The monoisotopic (exact) mass is 239 g/mol. The van der Waals surface area contributed by atoms with Crippen molar-refractivity contribution in [1.82, 2.24) is 0 Å². The van der Waals surface area contributed by atoms with Gasteiger partial charge in [-0.05, 0) is 60.8 Å². The number of hydrogen-bond donors (Lipinski definition) is 0. The van der Waals surface area contributed by atoms with Crippen molar-refractivity contribution < 1.29 is 4.79 Å². The van der Waals surface area contributed by atoms with Gasteiger partial charge in [0.2, 0.25) is 0 Å². The number of carbonyl (C=O) groups excluding carboxylic acids is 1. The minimum atomic E-state index is 0.491. The van der Waals surface area contributed by atoms with Crippen LogP contribution in [0.1, 0.15) is 44.9 Å². The Morgan fingerprint density at radius 3 is 2.56 bits per heavy atom. The number of carbonyl (C=O) groups is 1. The van der Waals surface area contributed by atoms with Gasteiger partial charge in [0.1, 0.15) is 11.5 Å². The summed E-state index contributed by atoms with van der Waals surface area (Å²) in [5.41, 5.74) is 0. The second-order valence-corrected chi connectivity index (χ2v) is 8.38. The van der Waals surface area contributed by atoms with Gasteiger partial charge in [0.15, 0.2) is 11.5 Å². The molecular weight excluding hydrogens is 216 g/mol. The molecule has 0 N–H and O–H groups in total. The molecule has 3 fully saturated rings. The van der Waals surface area contributed by atoms with E-state index in [1.54, 1.807) is 0 Å². The van der Waals surface area contributed by atoms with Gasteiger partial charge in [-0.2, -0.15) is 0 Å². The molecule has 3 rings (SSSR count). The van der Waals surface area contributed by atoms with Crippen LogP contribution >= 0.6 is 0 Å². The van der Waals surface area contributed by atoms with Crippen molar-refractivity contribution >= 4 is 16.7 Å². The molecule has 2 aliphatic carbocycles. The van der Waals surface area contributed by atoms with Crippen LogP contribution in [0.4, 0.5) is 0 Å². The maximum absolute atomic E-state index is 12.0. The first-order valence-corrected chi connectivity index (χ1v) is 8.70. The van der Waals surface area contributed by atoms with Gasteiger partial charge in [0.05, 0.1) is 0 Å². The van der Waals surface area contributed by atoms with Crippen molar-refractivity contribution in [2.75, 3.05) is 17.3 Å². The summed E-state index contributed by atoms with van der Waals surface area (Å²) >= 11 is 0. The van der Waals surface area contributed by atoms with Gasteiger partial charge in [0.25, 0.3) is 0 Å². The van der Waals surface area contributed by atoms with Crippen LogP contribution in [0.25, 0.3) is 0 Å². The molecule has 0 aromatic carbocycles. The summed E-state index contributed by atoms with van der Waals surface area (Å²) in [7, 11) is 0.491. The maximum atomic E-state index is 12.0. The lowest BCUT2D eigenvalue weighted by atomic mass is 9.85. The molecule has 2 saturated carbocycles. The van der Waals surface area contributed by atoms with Crippen LogP contribution in [0.2, 0.25) is 0 Å². The summed E-state index contributed by atoms with van der Waals surface area (Å²) in [5, 5.41) is 0. The number of hydrogen-bond acceptors (Lipinski definition) is 1. The minimum absolute atomic E-state index is 0.491. The summed E-state index contributed by atoms with van der Waals surface area (Å²) in [6.45, 7) is 0. The van der Waals surface area contributed by atoms with Crippen molar-refractivity contribution in [2.45, 2.75) is 44.9 Å². The fourth-order valence-corrected chi connectivity index (χ4v) is 6.36. The van der Waals surface area contributed by atoms with E-state index in [0.29, 0.717) is 16.7 Å². The van der Waals surface area contributed by atoms with E-state index in [-0.39, 0.29) is 0 Å². The molecule has 0 aromatic rings. The zero-order valence-corrected chi connectivity index (χ0v) is 10.9. The highest BCUT2D eigenvalue weighted by Gasteiger charge is 2.40. The Morgan fingerprint density at radius 2 is 1.94 bits per heavy atom. The first-order valence-electron chi connectivity index (χ1n) is 6.97. The highest BCUT2D eigenvalue weighted by atomic mass is 32.2. The second-order valence-electron chi connectivity index (χ2n) is 6.05. The van der Waals surface area contributed by atoms with Gasteiger partial charge in [-0.1, -0.05) is 6.42 Å². The van der Waals surface area contributed by atoms with Crippen LogP contribution in [0.15, 0.2) is 0 Å². The summed E-state index contributed by atoms with van der Waals surface area (Å²) in [5.74, 6) is 6.96. The fraction of sp³-hybridized carbons (Fsp3) is 0.929. The Bertz CT molecular complexity index is 270. The van der Waals surface area contributed by atoms with E-state index in [2.05, 4.69) is 0 Å². The van der Waals surface area contributed by atoms with Gasteiger partial charge >= 0.3 is 0 Å². The number of rotatable bonds is 4. The molecule has 3 atom stereocenters. The molecule has 3 aliphatic rings. The zero-order chi connectivity index (χ0) is 11.0. The lowest BCUT2D eigenvalue weighted by Crippen LogP contribution is -2.22. The molecule has 0 radical (unpaired) electrons. The van der Waals surface area contributed by atoms with Gasteiger partial charge < -0.3 is 0 Å². The molecule has 16 heavy (non-hydrogen) atoms. The highest BCUT2D eigenvalue weighted by Crippen LogP contribution is 2.49. The quantitative estimate of drug-likeness (QED) is 0.690. The fourth-order valence-electron chi connectivity index (χ4n) is 4.06. The van der Waals surface area contributed by atoms with Crippen molar-refractivity contribution in [3.63, 3.8) is 0 Å². The van der Waals surface area contributed by atoms with Crippen molar-refractivity contribution in [3.8, 4) is 0 Å². The van der Waals surface area contributed by atoms with E-state index in [0.717, 1.165) is 29.9 Å². The van der Waals surface area contributed by atoms with Crippen LogP contribution < -0.4 is 0 Å². The minimum Gasteiger partial charge on any atom is -0.294 e. The molecule has 90 valence electrons. The number of fused-ring (bicyclic) bond motifs is 2. The Labute approximate surface area is 102 Å². The van der Waals surface area contributed by atoms with E-state index >= 15 is 0 Å². The smallest absolute Gasteiger partial charge is 0.182 e. The first kappa shape index (κ1) is 11.1. The van der Waals surface area contributed by atoms with Crippen molar-refractivity contribution in [1.29, 1.82) is 0 Å². The van der Waals surface area contributed by atoms with E-state index in [9.17, 15) is 4.79 Å². The molecule has 0 amide bonds. The van der Waals surface area contributed by atoms with E-state index < -0.39 is 0 Å².